The maximum atomic E-state index is 6.33. The first-order valence-electron chi connectivity index (χ1n) is 10.5. The molecule has 0 radical (unpaired) electrons. The molecule has 7 atom stereocenters. The molecule has 3 aliphatic rings. The average Bonchev–Trinajstić information content (AvgIpc) is 3.38. The van der Waals surface area contributed by atoms with E-state index >= 15 is 0 Å². The van der Waals surface area contributed by atoms with E-state index in [0.29, 0.717) is 13.2 Å². The standard InChI is InChI=1S/C22H32O7/c1-6-21(3)25-13-16(27-21)17-18(19-20(26-17)29-22(4,7-2)28-19)24-12-14-8-10-15(23-5)11-9-14/h8-11,16-20H,6-7,12-13H2,1-5H3/t16-,17-,18+,19-,20-,21?,22?/m1/s1. The molecule has 4 rings (SSSR count). The SMILES string of the molecule is CCC1(C)O[C@H]2O[C@H]([C@H]3COC(C)(CC)O3)[C@H](OCc3ccc(OC)cc3)[C@H]2O1. The van der Waals surface area contributed by atoms with E-state index in [2.05, 4.69) is 0 Å². The van der Waals surface area contributed by atoms with Crippen LogP contribution in [0.1, 0.15) is 46.1 Å². The van der Waals surface area contributed by atoms with Crippen molar-refractivity contribution < 1.29 is 33.2 Å². The zero-order valence-corrected chi connectivity index (χ0v) is 17.9. The highest BCUT2D eigenvalue weighted by atomic mass is 16.8. The van der Waals surface area contributed by atoms with Gasteiger partial charge in [-0.15, -0.1) is 0 Å². The first-order chi connectivity index (χ1) is 13.9. The lowest BCUT2D eigenvalue weighted by Gasteiger charge is -2.30. The Bertz CT molecular complexity index is 695. The smallest absolute Gasteiger partial charge is 0.190 e. The summed E-state index contributed by atoms with van der Waals surface area (Å²) < 4.78 is 42.2. The van der Waals surface area contributed by atoms with Crippen molar-refractivity contribution in [2.75, 3.05) is 13.7 Å². The van der Waals surface area contributed by atoms with Crippen LogP contribution in [-0.2, 0) is 35.0 Å². The van der Waals surface area contributed by atoms with E-state index in [1.165, 1.54) is 0 Å². The molecule has 0 N–H and O–H groups in total. The van der Waals surface area contributed by atoms with Crippen LogP contribution in [0.2, 0.25) is 0 Å². The quantitative estimate of drug-likeness (QED) is 0.685. The number of benzene rings is 1. The number of methoxy groups -OCH3 is 1. The van der Waals surface area contributed by atoms with Crippen molar-refractivity contribution in [2.24, 2.45) is 0 Å². The van der Waals surface area contributed by atoms with E-state index in [1.54, 1.807) is 7.11 Å². The average molecular weight is 408 g/mol. The topological polar surface area (TPSA) is 64.6 Å². The molecule has 3 aliphatic heterocycles. The van der Waals surface area contributed by atoms with Crippen LogP contribution in [0, 0.1) is 0 Å². The zero-order chi connectivity index (χ0) is 20.6. The van der Waals surface area contributed by atoms with Crippen LogP contribution in [0.15, 0.2) is 24.3 Å². The molecular weight excluding hydrogens is 376 g/mol. The van der Waals surface area contributed by atoms with Gasteiger partial charge in [0.2, 0.25) is 0 Å². The number of ether oxygens (including phenoxy) is 7. The molecule has 0 saturated carbocycles. The molecular formula is C22H32O7. The first kappa shape index (κ1) is 21.0. The Morgan fingerprint density at radius 1 is 0.966 bits per heavy atom. The summed E-state index contributed by atoms with van der Waals surface area (Å²) in [4.78, 5) is 0. The van der Waals surface area contributed by atoms with E-state index in [9.17, 15) is 0 Å². The van der Waals surface area contributed by atoms with Crippen molar-refractivity contribution in [3.63, 3.8) is 0 Å². The van der Waals surface area contributed by atoms with Crippen LogP contribution < -0.4 is 4.74 Å². The Balaban J connectivity index is 1.48. The van der Waals surface area contributed by atoms with Gasteiger partial charge in [-0.2, -0.15) is 0 Å². The van der Waals surface area contributed by atoms with Crippen molar-refractivity contribution in [1.29, 1.82) is 0 Å². The molecule has 3 saturated heterocycles. The second-order valence-corrected chi connectivity index (χ2v) is 8.24. The van der Waals surface area contributed by atoms with Gasteiger partial charge in [-0.1, -0.05) is 26.0 Å². The molecule has 0 aromatic heterocycles. The maximum Gasteiger partial charge on any atom is 0.190 e. The Morgan fingerprint density at radius 2 is 1.69 bits per heavy atom. The minimum atomic E-state index is -0.660. The lowest BCUT2D eigenvalue weighted by atomic mass is 10.1. The first-order valence-corrected chi connectivity index (χ1v) is 10.5. The van der Waals surface area contributed by atoms with Crippen LogP contribution in [0.25, 0.3) is 0 Å². The molecule has 1 aromatic carbocycles. The van der Waals surface area contributed by atoms with Crippen LogP contribution in [0.5, 0.6) is 5.75 Å². The summed E-state index contributed by atoms with van der Waals surface area (Å²) in [5.74, 6) is -0.434. The lowest BCUT2D eigenvalue weighted by molar-refractivity contribution is -0.245. The fourth-order valence-electron chi connectivity index (χ4n) is 3.99. The summed E-state index contributed by atoms with van der Waals surface area (Å²) in [6.07, 6.45) is -0.145. The molecule has 3 fully saturated rings. The van der Waals surface area contributed by atoms with E-state index in [-0.39, 0.29) is 24.4 Å². The Kier molecular flexibility index (Phi) is 5.90. The number of hydrogen-bond donors (Lipinski definition) is 0. The van der Waals surface area contributed by atoms with E-state index in [4.69, 9.17) is 33.2 Å². The molecule has 7 heteroatoms. The number of hydrogen-bond acceptors (Lipinski definition) is 7. The molecule has 162 valence electrons. The van der Waals surface area contributed by atoms with Crippen molar-refractivity contribution in [3.05, 3.63) is 29.8 Å². The van der Waals surface area contributed by atoms with E-state index in [1.807, 2.05) is 52.0 Å². The monoisotopic (exact) mass is 408 g/mol. The van der Waals surface area contributed by atoms with Gasteiger partial charge in [-0.3, -0.25) is 0 Å². The Labute approximate surface area is 172 Å². The van der Waals surface area contributed by atoms with Gasteiger partial charge in [0.05, 0.1) is 20.3 Å². The summed E-state index contributed by atoms with van der Waals surface area (Å²) in [6.45, 7) is 8.87. The fraction of sp³-hybridized carbons (Fsp3) is 0.727. The summed E-state index contributed by atoms with van der Waals surface area (Å²) in [5, 5.41) is 0. The minimum Gasteiger partial charge on any atom is -0.497 e. The van der Waals surface area contributed by atoms with Crippen LogP contribution >= 0.6 is 0 Å². The van der Waals surface area contributed by atoms with E-state index < -0.39 is 17.9 Å². The second-order valence-electron chi connectivity index (χ2n) is 8.24. The number of fused-ring (bicyclic) bond motifs is 1. The zero-order valence-electron chi connectivity index (χ0n) is 17.9. The summed E-state index contributed by atoms with van der Waals surface area (Å²) in [6, 6.07) is 7.83. The predicted molar refractivity (Wildman–Crippen MR) is 104 cm³/mol. The van der Waals surface area contributed by atoms with Crippen LogP contribution in [0.4, 0.5) is 0 Å². The van der Waals surface area contributed by atoms with Gasteiger partial charge in [0.1, 0.15) is 30.2 Å². The summed E-state index contributed by atoms with van der Waals surface area (Å²) >= 11 is 0. The third kappa shape index (κ3) is 4.17. The molecule has 7 nitrogen and oxygen atoms in total. The van der Waals surface area contributed by atoms with Gasteiger partial charge in [-0.25, -0.2) is 0 Å². The van der Waals surface area contributed by atoms with Crippen molar-refractivity contribution in [3.8, 4) is 5.75 Å². The van der Waals surface area contributed by atoms with Gasteiger partial charge in [0.25, 0.3) is 0 Å². The molecule has 0 bridgehead atoms. The fourth-order valence-corrected chi connectivity index (χ4v) is 3.99. The van der Waals surface area contributed by atoms with Gasteiger partial charge in [0, 0.05) is 0 Å². The predicted octanol–water partition coefficient (Wildman–Crippen LogP) is 3.39. The third-order valence-corrected chi connectivity index (χ3v) is 6.16. The van der Waals surface area contributed by atoms with Gasteiger partial charge >= 0.3 is 0 Å². The molecule has 1 aromatic rings. The number of rotatable bonds is 7. The molecule has 29 heavy (non-hydrogen) atoms. The highest BCUT2D eigenvalue weighted by molar-refractivity contribution is 5.26. The normalized spacial score (nSPS) is 41.6. The summed E-state index contributed by atoms with van der Waals surface area (Å²) in [5.41, 5.74) is 1.05. The molecule has 0 aliphatic carbocycles. The molecule has 0 amide bonds. The highest BCUT2D eigenvalue weighted by Gasteiger charge is 2.59. The van der Waals surface area contributed by atoms with Gasteiger partial charge < -0.3 is 33.2 Å². The Hall–Kier alpha value is -1.22. The van der Waals surface area contributed by atoms with Crippen molar-refractivity contribution in [1.82, 2.24) is 0 Å². The van der Waals surface area contributed by atoms with E-state index in [0.717, 1.165) is 24.2 Å². The van der Waals surface area contributed by atoms with Crippen molar-refractivity contribution in [2.45, 2.75) is 89.4 Å². The Morgan fingerprint density at radius 3 is 2.31 bits per heavy atom. The van der Waals surface area contributed by atoms with Gasteiger partial charge in [-0.05, 0) is 44.4 Å². The largest absolute Gasteiger partial charge is 0.497 e. The molecule has 0 spiro atoms. The van der Waals surface area contributed by atoms with Crippen LogP contribution in [0.3, 0.4) is 0 Å². The molecule has 2 unspecified atom stereocenters. The van der Waals surface area contributed by atoms with Crippen molar-refractivity contribution >= 4 is 0 Å². The maximum absolute atomic E-state index is 6.33. The highest BCUT2D eigenvalue weighted by Crippen LogP contribution is 2.43. The minimum absolute atomic E-state index is 0.230. The van der Waals surface area contributed by atoms with Crippen LogP contribution in [-0.4, -0.2) is 56.0 Å². The second kappa shape index (κ2) is 8.13. The summed E-state index contributed by atoms with van der Waals surface area (Å²) in [7, 11) is 1.65. The third-order valence-electron chi connectivity index (χ3n) is 6.16. The van der Waals surface area contributed by atoms with Gasteiger partial charge in [0.15, 0.2) is 17.9 Å². The molecule has 3 heterocycles. The lowest BCUT2D eigenvalue weighted by Crippen LogP contribution is -2.44.